The number of nitrogens with one attached hydrogen (secondary N) is 1. The van der Waals surface area contributed by atoms with Crippen molar-refractivity contribution in [2.45, 2.75) is 31.8 Å². The highest BCUT2D eigenvalue weighted by Gasteiger charge is 2.20. The van der Waals surface area contributed by atoms with Crippen molar-refractivity contribution in [2.24, 2.45) is 0 Å². The Balaban J connectivity index is 0.00000162. The molecule has 1 saturated heterocycles. The first-order valence-electron chi connectivity index (χ1n) is 5.86. The number of hydrogen-bond acceptors (Lipinski definition) is 3. The van der Waals surface area contributed by atoms with Crippen molar-refractivity contribution in [3.05, 3.63) is 21.3 Å². The Morgan fingerprint density at radius 1 is 1.61 bits per heavy atom. The first kappa shape index (κ1) is 15.8. The summed E-state index contributed by atoms with van der Waals surface area (Å²) in [5.74, 6) is 0.203. The molecule has 102 valence electrons. The molecule has 1 atom stereocenters. The molecule has 0 spiro atoms. The molecule has 0 saturated carbocycles. The normalized spacial score (nSPS) is 18.4. The van der Waals surface area contributed by atoms with Crippen molar-refractivity contribution in [3.8, 4) is 0 Å². The van der Waals surface area contributed by atoms with E-state index in [9.17, 15) is 4.79 Å². The molecule has 1 fully saturated rings. The lowest BCUT2D eigenvalue weighted by Crippen LogP contribution is -2.32. The van der Waals surface area contributed by atoms with Gasteiger partial charge in [-0.2, -0.15) is 0 Å². The number of halogens is 2. The Labute approximate surface area is 123 Å². The molecule has 0 radical (unpaired) electrons. The molecule has 1 aromatic rings. The molecule has 1 aliphatic heterocycles. The monoisotopic (exact) mass is 308 g/mol. The largest absolute Gasteiger partial charge is 0.341 e. The van der Waals surface area contributed by atoms with E-state index in [1.165, 1.54) is 17.8 Å². The summed E-state index contributed by atoms with van der Waals surface area (Å²) in [6, 6.07) is 4.22. The van der Waals surface area contributed by atoms with Crippen LogP contribution in [0.4, 0.5) is 0 Å². The van der Waals surface area contributed by atoms with Gasteiger partial charge >= 0.3 is 0 Å². The number of carbonyl (C=O) groups is 1. The van der Waals surface area contributed by atoms with E-state index in [1.54, 1.807) is 4.90 Å². The van der Waals surface area contributed by atoms with Crippen molar-refractivity contribution in [1.29, 1.82) is 0 Å². The highest BCUT2D eigenvalue weighted by molar-refractivity contribution is 7.16. The van der Waals surface area contributed by atoms with Crippen molar-refractivity contribution >= 4 is 41.3 Å². The topological polar surface area (TPSA) is 32.3 Å². The van der Waals surface area contributed by atoms with Crippen LogP contribution >= 0.6 is 35.3 Å². The molecule has 3 nitrogen and oxygen atoms in total. The van der Waals surface area contributed by atoms with Gasteiger partial charge in [0.25, 0.3) is 0 Å². The van der Waals surface area contributed by atoms with Gasteiger partial charge < -0.3 is 10.2 Å². The molecular weight excluding hydrogens is 291 g/mol. The molecule has 1 N–H and O–H groups in total. The van der Waals surface area contributed by atoms with E-state index < -0.39 is 0 Å². The van der Waals surface area contributed by atoms with Crippen LogP contribution in [0, 0.1) is 0 Å². The maximum absolute atomic E-state index is 12.0. The Morgan fingerprint density at radius 2 is 2.39 bits per heavy atom. The van der Waals surface area contributed by atoms with Gasteiger partial charge in [-0.1, -0.05) is 11.6 Å². The molecule has 1 aromatic heterocycles. The van der Waals surface area contributed by atoms with Crippen LogP contribution in [-0.4, -0.2) is 30.4 Å². The fourth-order valence-electron chi connectivity index (χ4n) is 2.06. The van der Waals surface area contributed by atoms with Crippen LogP contribution < -0.4 is 5.32 Å². The summed E-state index contributed by atoms with van der Waals surface area (Å²) in [6.45, 7) is 1.70. The van der Waals surface area contributed by atoms with Gasteiger partial charge in [-0.3, -0.25) is 4.79 Å². The van der Waals surface area contributed by atoms with Crippen molar-refractivity contribution in [2.75, 3.05) is 13.6 Å². The van der Waals surface area contributed by atoms with Gasteiger partial charge in [-0.15, -0.1) is 23.7 Å². The number of carbonyl (C=O) groups excluding carboxylic acids is 1. The van der Waals surface area contributed by atoms with E-state index in [2.05, 4.69) is 5.32 Å². The first-order valence-corrected chi connectivity index (χ1v) is 7.06. The molecule has 0 aromatic carbocycles. The minimum Gasteiger partial charge on any atom is -0.341 e. The smallest absolute Gasteiger partial charge is 0.224 e. The average molecular weight is 309 g/mol. The number of amides is 1. The first-order chi connectivity index (χ1) is 8.15. The van der Waals surface area contributed by atoms with Crippen LogP contribution in [0.25, 0.3) is 0 Å². The van der Waals surface area contributed by atoms with Crippen LogP contribution in [0.5, 0.6) is 0 Å². The van der Waals surface area contributed by atoms with Gasteiger partial charge in [-0.25, -0.2) is 0 Å². The number of nitrogens with zero attached hydrogens (tertiary/aromatic N) is 1. The Bertz CT molecular complexity index is 391. The second-order valence-electron chi connectivity index (χ2n) is 4.45. The van der Waals surface area contributed by atoms with Crippen LogP contribution in [-0.2, 0) is 11.3 Å². The lowest BCUT2D eigenvalue weighted by molar-refractivity contribution is -0.130. The zero-order valence-electron chi connectivity index (χ0n) is 10.3. The van der Waals surface area contributed by atoms with Crippen LogP contribution in [0.2, 0.25) is 4.34 Å². The third-order valence-corrected chi connectivity index (χ3v) is 4.25. The molecular formula is C12H18Cl2N2OS. The van der Waals surface area contributed by atoms with Crippen LogP contribution in [0.15, 0.2) is 12.1 Å². The SMILES string of the molecule is CN(Cc1ccc(Cl)s1)C(=O)CC1CCCN1.Cl. The third kappa shape index (κ3) is 4.43. The molecule has 2 rings (SSSR count). The quantitative estimate of drug-likeness (QED) is 0.927. The minimum absolute atomic E-state index is 0. The highest BCUT2D eigenvalue weighted by Crippen LogP contribution is 2.22. The molecule has 6 heteroatoms. The molecule has 0 bridgehead atoms. The molecule has 1 unspecified atom stereocenters. The maximum Gasteiger partial charge on any atom is 0.224 e. The zero-order valence-corrected chi connectivity index (χ0v) is 12.7. The summed E-state index contributed by atoms with van der Waals surface area (Å²) in [7, 11) is 1.85. The Kier molecular flexibility index (Phi) is 6.43. The average Bonchev–Trinajstić information content (AvgIpc) is 2.90. The summed E-state index contributed by atoms with van der Waals surface area (Å²) in [5.41, 5.74) is 0. The van der Waals surface area contributed by atoms with E-state index in [0.29, 0.717) is 19.0 Å². The van der Waals surface area contributed by atoms with Gasteiger partial charge in [0.05, 0.1) is 10.9 Å². The summed E-state index contributed by atoms with van der Waals surface area (Å²) >= 11 is 7.40. The summed E-state index contributed by atoms with van der Waals surface area (Å²) in [6.07, 6.45) is 2.90. The van der Waals surface area contributed by atoms with Crippen LogP contribution in [0.3, 0.4) is 0 Å². The molecule has 0 aliphatic carbocycles. The molecule has 1 amide bonds. The van der Waals surface area contributed by atoms with Crippen molar-refractivity contribution in [3.63, 3.8) is 0 Å². The second-order valence-corrected chi connectivity index (χ2v) is 6.25. The summed E-state index contributed by atoms with van der Waals surface area (Å²) in [5, 5.41) is 3.34. The second kappa shape index (κ2) is 7.34. The summed E-state index contributed by atoms with van der Waals surface area (Å²) in [4.78, 5) is 14.9. The Morgan fingerprint density at radius 3 is 2.94 bits per heavy atom. The predicted molar refractivity (Wildman–Crippen MR) is 78.7 cm³/mol. The van der Waals surface area contributed by atoms with Gasteiger partial charge in [0.1, 0.15) is 0 Å². The van der Waals surface area contributed by atoms with E-state index in [0.717, 1.165) is 22.2 Å². The van der Waals surface area contributed by atoms with E-state index in [-0.39, 0.29) is 18.3 Å². The fourth-order valence-corrected chi connectivity index (χ4v) is 3.20. The van der Waals surface area contributed by atoms with E-state index in [1.807, 2.05) is 19.2 Å². The lowest BCUT2D eigenvalue weighted by atomic mass is 10.1. The molecule has 18 heavy (non-hydrogen) atoms. The fraction of sp³-hybridized carbons (Fsp3) is 0.583. The van der Waals surface area contributed by atoms with E-state index in [4.69, 9.17) is 11.6 Å². The zero-order chi connectivity index (χ0) is 12.3. The lowest BCUT2D eigenvalue weighted by Gasteiger charge is -2.18. The molecule has 1 aliphatic rings. The number of thiophene rings is 1. The Hall–Kier alpha value is -0.290. The number of hydrogen-bond donors (Lipinski definition) is 1. The standard InChI is InChI=1S/C12H17ClN2OS.ClH/c1-15(8-10-4-5-11(13)17-10)12(16)7-9-3-2-6-14-9;/h4-5,9,14H,2-3,6-8H2,1H3;1H. The molecule has 2 heterocycles. The minimum atomic E-state index is 0. The van der Waals surface area contributed by atoms with Gasteiger partial charge in [0.15, 0.2) is 0 Å². The van der Waals surface area contributed by atoms with Gasteiger partial charge in [-0.05, 0) is 31.5 Å². The van der Waals surface area contributed by atoms with Crippen molar-refractivity contribution < 1.29 is 4.79 Å². The van der Waals surface area contributed by atoms with Crippen molar-refractivity contribution in [1.82, 2.24) is 10.2 Å². The van der Waals surface area contributed by atoms with E-state index >= 15 is 0 Å². The third-order valence-electron chi connectivity index (χ3n) is 3.03. The number of rotatable bonds is 4. The van der Waals surface area contributed by atoms with Gasteiger partial charge in [0, 0.05) is 24.4 Å². The van der Waals surface area contributed by atoms with Gasteiger partial charge in [0.2, 0.25) is 5.91 Å². The predicted octanol–water partition coefficient (Wildman–Crippen LogP) is 2.92. The maximum atomic E-state index is 12.0. The van der Waals surface area contributed by atoms with Crippen LogP contribution in [0.1, 0.15) is 24.1 Å². The summed E-state index contributed by atoms with van der Waals surface area (Å²) < 4.78 is 0.776. The highest BCUT2D eigenvalue weighted by atomic mass is 35.5.